The van der Waals surface area contributed by atoms with Crippen LogP contribution in [-0.4, -0.2) is 18.7 Å². The first-order valence-electron chi connectivity index (χ1n) is 3.17. The second-order valence-corrected chi connectivity index (χ2v) is 7.59. The lowest BCUT2D eigenvalue weighted by Gasteiger charge is -1.69. The van der Waals surface area contributed by atoms with Crippen LogP contribution in [0.2, 0.25) is 0 Å². The molecule has 0 heterocycles. The summed E-state index contributed by atoms with van der Waals surface area (Å²) in [4.78, 5) is 9.44. The average Bonchev–Trinajstić information content (AvgIpc) is 1.76. The lowest BCUT2D eigenvalue weighted by atomic mass is 10.6. The highest BCUT2D eigenvalue weighted by molar-refractivity contribution is 6.63. The molecule has 0 rings (SSSR count). The fourth-order valence-electron chi connectivity index (χ4n) is 0. The summed E-state index contributed by atoms with van der Waals surface area (Å²) in [6.45, 7) is 3.06. The predicted octanol–water partition coefficient (Wildman–Crippen LogP) is 6.55. The maximum absolute atomic E-state index is 9.44. The molecular weight excluding hydrogens is 407 g/mol. The van der Waals surface area contributed by atoms with E-state index >= 15 is 0 Å². The molecule has 0 atom stereocenters. The zero-order chi connectivity index (χ0) is 14.3. The Bertz CT molecular complexity index is 101. The van der Waals surface area contributed by atoms with Crippen molar-refractivity contribution in [2.45, 2.75) is 26.7 Å². The topological polar surface area (TPSA) is 17.1 Å². The van der Waals surface area contributed by atoms with E-state index in [4.69, 9.17) is 104 Å². The number of halogens is 9. The summed E-state index contributed by atoms with van der Waals surface area (Å²) in [5.74, 6) is 0.167. The molecule has 0 saturated carbocycles. The highest BCUT2D eigenvalue weighted by Crippen LogP contribution is 2.04. The zero-order valence-electron chi connectivity index (χ0n) is 8.04. The van der Waals surface area contributed by atoms with Crippen LogP contribution >= 0.6 is 104 Å². The van der Waals surface area contributed by atoms with Gasteiger partial charge in [0.25, 0.3) is 0 Å². The van der Waals surface area contributed by atoms with Crippen molar-refractivity contribution in [1.29, 1.82) is 0 Å². The molecule has 0 radical (unpaired) electrons. The van der Waals surface area contributed by atoms with E-state index in [9.17, 15) is 4.79 Å². The standard InChI is InChI=1S/C3H6O.3CHCl3/c1-3(2)4;3*2-1(3)4/h1-2H3;3*1H. The van der Waals surface area contributed by atoms with E-state index in [1.54, 1.807) is 0 Å². The molecule has 0 spiro atoms. The number of alkyl halides is 9. The first-order chi connectivity index (χ1) is 6.93. The first-order valence-corrected chi connectivity index (χ1v) is 7.10. The molecule has 0 aromatic carbocycles. The normalized spacial score (nSPS) is 8.38. The molecule has 0 aliphatic heterocycles. The van der Waals surface area contributed by atoms with Crippen LogP contribution in [0.5, 0.6) is 0 Å². The number of carbonyl (C=O) groups excluding carboxylic acids is 1. The van der Waals surface area contributed by atoms with Gasteiger partial charge in [-0.3, -0.25) is 0 Å². The third-order valence-electron chi connectivity index (χ3n) is 0. The second kappa shape index (κ2) is 22.5. The van der Waals surface area contributed by atoms with Crippen molar-refractivity contribution in [2.24, 2.45) is 0 Å². The molecule has 102 valence electrons. The first kappa shape index (κ1) is 26.8. The van der Waals surface area contributed by atoms with Gasteiger partial charge in [0.05, 0.1) is 0 Å². The number of rotatable bonds is 0. The summed E-state index contributed by atoms with van der Waals surface area (Å²) in [7, 11) is 0. The van der Waals surface area contributed by atoms with Crippen LogP contribution < -0.4 is 0 Å². The molecule has 0 aliphatic rings. The van der Waals surface area contributed by atoms with Crippen LogP contribution in [0, 0.1) is 0 Å². The van der Waals surface area contributed by atoms with Crippen molar-refractivity contribution in [2.75, 3.05) is 0 Å². The molecule has 0 aromatic heterocycles. The average molecular weight is 416 g/mol. The maximum Gasteiger partial charge on any atom is 0.180 e. The smallest absolute Gasteiger partial charge is 0.180 e. The lowest BCUT2D eigenvalue weighted by molar-refractivity contribution is -0.114. The van der Waals surface area contributed by atoms with Gasteiger partial charge >= 0.3 is 0 Å². The highest BCUT2D eigenvalue weighted by atomic mass is 35.6. The summed E-state index contributed by atoms with van der Waals surface area (Å²) >= 11 is 43.3. The molecule has 0 amide bonds. The Morgan fingerprint density at radius 3 is 0.625 bits per heavy atom. The summed E-state index contributed by atoms with van der Waals surface area (Å²) < 4.78 is -2.25. The van der Waals surface area contributed by atoms with Gasteiger partial charge < -0.3 is 4.79 Å². The number of hydrogen-bond acceptors (Lipinski definition) is 1. The van der Waals surface area contributed by atoms with Crippen LogP contribution in [-0.2, 0) is 4.79 Å². The molecular formula is C6H9Cl9O. The molecule has 0 unspecified atom stereocenters. The molecule has 16 heavy (non-hydrogen) atoms. The van der Waals surface area contributed by atoms with E-state index in [1.807, 2.05) is 0 Å². The molecule has 0 aromatic rings. The Morgan fingerprint density at radius 2 is 0.625 bits per heavy atom. The van der Waals surface area contributed by atoms with Gasteiger partial charge in [-0.1, -0.05) is 104 Å². The number of Topliss-reactive ketones (excluding diaryl/α,β-unsaturated/α-hetero) is 1. The summed E-state index contributed by atoms with van der Waals surface area (Å²) in [6, 6.07) is 0. The molecule has 0 bridgehead atoms. The zero-order valence-corrected chi connectivity index (χ0v) is 14.8. The van der Waals surface area contributed by atoms with Crippen LogP contribution in [0.1, 0.15) is 13.8 Å². The minimum Gasteiger partial charge on any atom is -0.300 e. The largest absolute Gasteiger partial charge is 0.300 e. The van der Waals surface area contributed by atoms with Crippen molar-refractivity contribution >= 4 is 110 Å². The van der Waals surface area contributed by atoms with Crippen LogP contribution in [0.25, 0.3) is 0 Å². The van der Waals surface area contributed by atoms with Gasteiger partial charge in [-0.15, -0.1) is 0 Å². The molecule has 10 heteroatoms. The summed E-state index contributed by atoms with van der Waals surface area (Å²) in [5, 5.41) is 0. The van der Waals surface area contributed by atoms with Crippen LogP contribution in [0.4, 0.5) is 0 Å². The predicted molar refractivity (Wildman–Crippen MR) is 80.4 cm³/mol. The minimum atomic E-state index is -0.750. The number of carbonyl (C=O) groups is 1. The van der Waals surface area contributed by atoms with Crippen molar-refractivity contribution in [3.8, 4) is 0 Å². The summed E-state index contributed by atoms with van der Waals surface area (Å²) in [6.07, 6.45) is 0. The van der Waals surface area contributed by atoms with Crippen molar-refractivity contribution in [1.82, 2.24) is 0 Å². The van der Waals surface area contributed by atoms with Crippen LogP contribution in [0.15, 0.2) is 0 Å². The number of hydrogen-bond donors (Lipinski definition) is 0. The molecule has 1 nitrogen and oxygen atoms in total. The monoisotopic (exact) mass is 412 g/mol. The maximum atomic E-state index is 9.44. The van der Waals surface area contributed by atoms with E-state index in [0.717, 1.165) is 0 Å². The van der Waals surface area contributed by atoms with E-state index in [-0.39, 0.29) is 5.78 Å². The van der Waals surface area contributed by atoms with Gasteiger partial charge in [0.2, 0.25) is 0 Å². The van der Waals surface area contributed by atoms with E-state index in [1.165, 1.54) is 13.8 Å². The molecule has 0 saturated heterocycles. The molecule has 0 aliphatic carbocycles. The van der Waals surface area contributed by atoms with Gasteiger partial charge in [-0.2, -0.15) is 0 Å². The minimum absolute atomic E-state index is 0.167. The van der Waals surface area contributed by atoms with Crippen LogP contribution in [0.3, 0.4) is 0 Å². The highest BCUT2D eigenvalue weighted by Gasteiger charge is 1.79. The third kappa shape index (κ3) is 731. The Kier molecular flexibility index (Phi) is 37.6. The van der Waals surface area contributed by atoms with Crippen molar-refractivity contribution in [3.63, 3.8) is 0 Å². The van der Waals surface area contributed by atoms with Gasteiger partial charge in [0, 0.05) is 0 Å². The summed E-state index contributed by atoms with van der Waals surface area (Å²) in [5.41, 5.74) is 0. The van der Waals surface area contributed by atoms with Gasteiger partial charge in [0.15, 0.2) is 12.9 Å². The van der Waals surface area contributed by atoms with E-state index in [2.05, 4.69) is 0 Å². The van der Waals surface area contributed by atoms with E-state index in [0.29, 0.717) is 0 Å². The third-order valence-corrected chi connectivity index (χ3v) is 0. The fraction of sp³-hybridized carbons (Fsp3) is 0.833. The molecule has 0 N–H and O–H groups in total. The Labute approximate surface area is 140 Å². The SMILES string of the molecule is CC(C)=O.ClC(Cl)Cl.ClC(Cl)Cl.ClC(Cl)Cl. The quantitative estimate of drug-likeness (QED) is 0.409. The fourth-order valence-corrected chi connectivity index (χ4v) is 0. The van der Waals surface area contributed by atoms with Gasteiger partial charge in [-0.25, -0.2) is 0 Å². The Balaban J connectivity index is -0.0000000600. The van der Waals surface area contributed by atoms with Gasteiger partial charge in [-0.05, 0) is 13.8 Å². The number of ketones is 1. The van der Waals surface area contributed by atoms with E-state index < -0.39 is 12.9 Å². The van der Waals surface area contributed by atoms with Crippen molar-refractivity contribution < 1.29 is 4.79 Å². The van der Waals surface area contributed by atoms with Crippen molar-refractivity contribution in [3.05, 3.63) is 0 Å². The Morgan fingerprint density at radius 1 is 0.625 bits per heavy atom. The Hall–Kier alpha value is 2.28. The van der Waals surface area contributed by atoms with Gasteiger partial charge in [0.1, 0.15) is 5.78 Å². The molecule has 0 fully saturated rings. The lowest BCUT2D eigenvalue weighted by Crippen LogP contribution is -1.69. The second-order valence-electron chi connectivity index (χ2n) is 1.65.